The molecule has 2 aromatic carbocycles. The van der Waals surface area contributed by atoms with Gasteiger partial charge in [0, 0.05) is 17.3 Å². The monoisotopic (exact) mass is 363 g/mol. The highest BCUT2D eigenvalue weighted by Gasteiger charge is 2.17. The zero-order chi connectivity index (χ0) is 17.9. The standard InChI is InChI=1S/C21H14ClNO3/c22-18-11-10-14(12-23-18)13-25-21-19(24)16-8-4-5-9-17(16)26-20(21)15-6-2-1-3-7-15/h1-12H,13H2. The van der Waals surface area contributed by atoms with Gasteiger partial charge in [-0.15, -0.1) is 0 Å². The van der Waals surface area contributed by atoms with Gasteiger partial charge >= 0.3 is 0 Å². The average molecular weight is 364 g/mol. The molecular formula is C21H14ClNO3. The van der Waals surface area contributed by atoms with Gasteiger partial charge in [-0.1, -0.05) is 60.1 Å². The lowest BCUT2D eigenvalue weighted by Crippen LogP contribution is -2.10. The maximum atomic E-state index is 13.0. The number of ether oxygens (including phenoxy) is 1. The van der Waals surface area contributed by atoms with Gasteiger partial charge in [0.2, 0.25) is 11.2 Å². The lowest BCUT2D eigenvalue weighted by molar-refractivity contribution is 0.297. The Morgan fingerprint density at radius 3 is 2.50 bits per heavy atom. The Hall–Kier alpha value is -3.11. The van der Waals surface area contributed by atoms with Gasteiger partial charge < -0.3 is 9.15 Å². The number of hydrogen-bond donors (Lipinski definition) is 0. The molecule has 0 aliphatic heterocycles. The highest BCUT2D eigenvalue weighted by atomic mass is 35.5. The molecule has 4 aromatic rings. The quantitative estimate of drug-likeness (QED) is 0.474. The van der Waals surface area contributed by atoms with Crippen LogP contribution in [-0.4, -0.2) is 4.98 Å². The molecule has 4 rings (SSSR count). The molecule has 0 bridgehead atoms. The first-order valence-corrected chi connectivity index (χ1v) is 8.44. The third kappa shape index (κ3) is 3.19. The number of para-hydroxylation sites is 1. The molecule has 26 heavy (non-hydrogen) atoms. The van der Waals surface area contributed by atoms with Crippen molar-refractivity contribution < 1.29 is 9.15 Å². The molecule has 0 unspecified atom stereocenters. The molecule has 0 aliphatic carbocycles. The van der Waals surface area contributed by atoms with E-state index in [0.29, 0.717) is 21.9 Å². The summed E-state index contributed by atoms with van der Waals surface area (Å²) in [5.74, 6) is 0.598. The summed E-state index contributed by atoms with van der Waals surface area (Å²) in [6.45, 7) is 0.188. The molecule has 128 valence electrons. The van der Waals surface area contributed by atoms with Crippen molar-refractivity contribution in [3.05, 3.63) is 93.9 Å². The van der Waals surface area contributed by atoms with Crippen molar-refractivity contribution in [2.24, 2.45) is 0 Å². The Labute approximate surface area is 154 Å². The minimum Gasteiger partial charge on any atom is -0.481 e. The number of rotatable bonds is 4. The smallest absolute Gasteiger partial charge is 0.235 e. The Kier molecular flexibility index (Phi) is 4.42. The van der Waals surface area contributed by atoms with E-state index < -0.39 is 0 Å². The van der Waals surface area contributed by atoms with Crippen LogP contribution in [0.4, 0.5) is 0 Å². The lowest BCUT2D eigenvalue weighted by Gasteiger charge is -2.11. The fourth-order valence-electron chi connectivity index (χ4n) is 2.68. The maximum Gasteiger partial charge on any atom is 0.235 e. The first kappa shape index (κ1) is 16.4. The van der Waals surface area contributed by atoms with Crippen LogP contribution in [0, 0.1) is 0 Å². The Bertz CT molecular complexity index is 1110. The maximum absolute atomic E-state index is 13.0. The summed E-state index contributed by atoms with van der Waals surface area (Å²) in [5.41, 5.74) is 1.91. The summed E-state index contributed by atoms with van der Waals surface area (Å²) in [6, 6.07) is 20.1. The fourth-order valence-corrected chi connectivity index (χ4v) is 2.79. The van der Waals surface area contributed by atoms with E-state index >= 15 is 0 Å². The van der Waals surface area contributed by atoms with Gasteiger partial charge in [0.05, 0.1) is 5.39 Å². The van der Waals surface area contributed by atoms with Gasteiger partial charge in [0.15, 0.2) is 5.76 Å². The number of aromatic nitrogens is 1. The molecule has 2 aromatic heterocycles. The summed E-state index contributed by atoms with van der Waals surface area (Å²) in [7, 11) is 0. The van der Waals surface area contributed by atoms with Crippen LogP contribution in [0.3, 0.4) is 0 Å². The highest BCUT2D eigenvalue weighted by molar-refractivity contribution is 6.29. The van der Waals surface area contributed by atoms with Crippen molar-refractivity contribution in [1.29, 1.82) is 0 Å². The van der Waals surface area contributed by atoms with E-state index in [0.717, 1.165) is 11.1 Å². The second-order valence-corrected chi connectivity index (χ2v) is 6.12. The number of hydrogen-bond acceptors (Lipinski definition) is 4. The van der Waals surface area contributed by atoms with Gasteiger partial charge in [-0.25, -0.2) is 4.98 Å². The largest absolute Gasteiger partial charge is 0.481 e. The summed E-state index contributed by atoms with van der Waals surface area (Å²) < 4.78 is 11.9. The number of fused-ring (bicyclic) bond motifs is 1. The molecule has 0 N–H and O–H groups in total. The van der Waals surface area contributed by atoms with Gasteiger partial charge in [-0.05, 0) is 18.2 Å². The van der Waals surface area contributed by atoms with Crippen molar-refractivity contribution in [1.82, 2.24) is 4.98 Å². The third-order valence-corrected chi connectivity index (χ3v) is 4.19. The van der Waals surface area contributed by atoms with E-state index in [4.69, 9.17) is 20.8 Å². The molecule has 0 amide bonds. The molecule has 0 aliphatic rings. The molecular weight excluding hydrogens is 350 g/mol. The second kappa shape index (κ2) is 7.02. The van der Waals surface area contributed by atoms with Crippen LogP contribution in [-0.2, 0) is 6.61 Å². The van der Waals surface area contributed by atoms with Crippen LogP contribution >= 0.6 is 11.6 Å². The van der Waals surface area contributed by atoms with Crippen molar-refractivity contribution in [2.45, 2.75) is 6.61 Å². The number of pyridine rings is 1. The molecule has 4 nitrogen and oxygen atoms in total. The van der Waals surface area contributed by atoms with Crippen molar-refractivity contribution >= 4 is 22.6 Å². The third-order valence-electron chi connectivity index (χ3n) is 3.96. The molecule has 2 heterocycles. The number of benzene rings is 2. The molecule has 0 fully saturated rings. The van der Waals surface area contributed by atoms with Gasteiger partial charge in [0.25, 0.3) is 0 Å². The van der Waals surface area contributed by atoms with Crippen LogP contribution in [0.5, 0.6) is 5.75 Å². The highest BCUT2D eigenvalue weighted by Crippen LogP contribution is 2.31. The molecule has 0 saturated carbocycles. The topological polar surface area (TPSA) is 52.3 Å². The van der Waals surface area contributed by atoms with Crippen LogP contribution in [0.15, 0.2) is 82.1 Å². The van der Waals surface area contributed by atoms with Crippen LogP contribution in [0.2, 0.25) is 5.15 Å². The number of halogens is 1. The Balaban J connectivity index is 1.81. The van der Waals surface area contributed by atoms with E-state index in [1.807, 2.05) is 36.4 Å². The van der Waals surface area contributed by atoms with Gasteiger partial charge in [0.1, 0.15) is 17.3 Å². The summed E-state index contributed by atoms with van der Waals surface area (Å²) in [5, 5.41) is 0.889. The summed E-state index contributed by atoms with van der Waals surface area (Å²) >= 11 is 5.81. The zero-order valence-electron chi connectivity index (χ0n) is 13.7. The second-order valence-electron chi connectivity index (χ2n) is 5.73. The van der Waals surface area contributed by atoms with Crippen molar-refractivity contribution in [2.75, 3.05) is 0 Å². The zero-order valence-corrected chi connectivity index (χ0v) is 14.4. The molecule has 0 saturated heterocycles. The van der Waals surface area contributed by atoms with Gasteiger partial charge in [-0.3, -0.25) is 4.79 Å². The molecule has 0 atom stereocenters. The van der Waals surface area contributed by atoms with E-state index in [-0.39, 0.29) is 17.8 Å². The fraction of sp³-hybridized carbons (Fsp3) is 0.0476. The van der Waals surface area contributed by atoms with E-state index in [2.05, 4.69) is 4.98 Å². The van der Waals surface area contributed by atoms with E-state index in [1.54, 1.807) is 36.5 Å². The summed E-state index contributed by atoms with van der Waals surface area (Å²) in [6.07, 6.45) is 1.62. The lowest BCUT2D eigenvalue weighted by atomic mass is 10.1. The first-order valence-electron chi connectivity index (χ1n) is 8.07. The number of nitrogens with zero attached hydrogens (tertiary/aromatic N) is 1. The predicted molar refractivity (Wildman–Crippen MR) is 101 cm³/mol. The normalized spacial score (nSPS) is 10.8. The van der Waals surface area contributed by atoms with E-state index in [9.17, 15) is 4.79 Å². The van der Waals surface area contributed by atoms with Crippen molar-refractivity contribution in [3.63, 3.8) is 0 Å². The first-order chi connectivity index (χ1) is 12.7. The molecule has 0 radical (unpaired) electrons. The molecule has 5 heteroatoms. The van der Waals surface area contributed by atoms with Crippen LogP contribution in [0.1, 0.15) is 5.56 Å². The minimum atomic E-state index is -0.201. The Morgan fingerprint density at radius 1 is 0.962 bits per heavy atom. The van der Waals surface area contributed by atoms with E-state index in [1.165, 1.54) is 0 Å². The van der Waals surface area contributed by atoms with Crippen molar-refractivity contribution in [3.8, 4) is 17.1 Å². The Morgan fingerprint density at radius 2 is 1.73 bits per heavy atom. The minimum absolute atomic E-state index is 0.185. The predicted octanol–water partition coefficient (Wildman–Crippen LogP) is 5.09. The summed E-state index contributed by atoms with van der Waals surface area (Å²) in [4.78, 5) is 17.0. The average Bonchev–Trinajstić information content (AvgIpc) is 2.69. The van der Waals surface area contributed by atoms with Crippen LogP contribution < -0.4 is 10.2 Å². The van der Waals surface area contributed by atoms with Crippen LogP contribution in [0.25, 0.3) is 22.3 Å². The SMILES string of the molecule is O=c1c(OCc2ccc(Cl)nc2)c(-c2ccccc2)oc2ccccc12. The van der Waals surface area contributed by atoms with Gasteiger partial charge in [-0.2, -0.15) is 0 Å². The molecule has 0 spiro atoms.